The quantitative estimate of drug-likeness (QED) is 0.484. The molecule has 0 saturated heterocycles. The Bertz CT molecular complexity index is 684. The van der Waals surface area contributed by atoms with Crippen molar-refractivity contribution in [2.24, 2.45) is 4.99 Å². The number of nitrogens with zero attached hydrogens (tertiary/aromatic N) is 1. The van der Waals surface area contributed by atoms with Crippen LogP contribution in [0.2, 0.25) is 0 Å². The SMILES string of the molecule is CCNC(=NCC(C)(C)NS(C)(=O)=O)NCC(C)c1cccc(C)c1. The Morgan fingerprint density at radius 3 is 2.52 bits per heavy atom. The van der Waals surface area contributed by atoms with Crippen LogP contribution in [0.1, 0.15) is 44.7 Å². The number of aryl methyl sites for hydroxylation is 1. The van der Waals surface area contributed by atoms with Gasteiger partial charge in [0.15, 0.2) is 5.96 Å². The van der Waals surface area contributed by atoms with Crippen molar-refractivity contribution >= 4 is 16.0 Å². The molecule has 0 radical (unpaired) electrons. The number of benzene rings is 1. The molecule has 0 aromatic heterocycles. The van der Waals surface area contributed by atoms with Gasteiger partial charge in [0.1, 0.15) is 0 Å². The van der Waals surface area contributed by atoms with Gasteiger partial charge in [-0.3, -0.25) is 4.99 Å². The lowest BCUT2D eigenvalue weighted by atomic mass is 9.99. The van der Waals surface area contributed by atoms with Crippen LogP contribution in [-0.2, 0) is 10.0 Å². The van der Waals surface area contributed by atoms with E-state index in [0.29, 0.717) is 18.4 Å². The van der Waals surface area contributed by atoms with Gasteiger partial charge in [0.05, 0.1) is 12.8 Å². The lowest BCUT2D eigenvalue weighted by Gasteiger charge is -2.24. The molecule has 25 heavy (non-hydrogen) atoms. The summed E-state index contributed by atoms with van der Waals surface area (Å²) in [5, 5.41) is 6.53. The molecule has 1 aromatic carbocycles. The number of hydrogen-bond donors (Lipinski definition) is 3. The van der Waals surface area contributed by atoms with E-state index in [-0.39, 0.29) is 0 Å². The van der Waals surface area contributed by atoms with Crippen molar-refractivity contribution in [3.63, 3.8) is 0 Å². The summed E-state index contributed by atoms with van der Waals surface area (Å²) in [7, 11) is -3.27. The Morgan fingerprint density at radius 2 is 1.96 bits per heavy atom. The Balaban J connectivity index is 2.70. The minimum atomic E-state index is -3.27. The van der Waals surface area contributed by atoms with Crippen LogP contribution >= 0.6 is 0 Å². The van der Waals surface area contributed by atoms with Crippen LogP contribution < -0.4 is 15.4 Å². The fourth-order valence-electron chi connectivity index (χ4n) is 2.50. The summed E-state index contributed by atoms with van der Waals surface area (Å²) in [5.74, 6) is 1.02. The summed E-state index contributed by atoms with van der Waals surface area (Å²) < 4.78 is 25.5. The van der Waals surface area contributed by atoms with Crippen molar-refractivity contribution in [1.82, 2.24) is 15.4 Å². The average Bonchev–Trinajstić information content (AvgIpc) is 2.47. The summed E-state index contributed by atoms with van der Waals surface area (Å²) >= 11 is 0. The van der Waals surface area contributed by atoms with Crippen LogP contribution in [0.5, 0.6) is 0 Å². The Hall–Kier alpha value is -1.60. The molecule has 0 saturated carbocycles. The van der Waals surface area contributed by atoms with Crippen molar-refractivity contribution in [2.75, 3.05) is 25.9 Å². The molecule has 1 unspecified atom stereocenters. The molecule has 1 atom stereocenters. The molecule has 3 N–H and O–H groups in total. The minimum Gasteiger partial charge on any atom is -0.357 e. The third-order valence-corrected chi connectivity index (χ3v) is 4.55. The highest BCUT2D eigenvalue weighted by Gasteiger charge is 2.22. The first-order valence-corrected chi connectivity index (χ1v) is 10.5. The minimum absolute atomic E-state index is 0.339. The predicted octanol–water partition coefficient (Wildman–Crippen LogP) is 1.98. The van der Waals surface area contributed by atoms with Gasteiger partial charge in [0.25, 0.3) is 0 Å². The van der Waals surface area contributed by atoms with Crippen molar-refractivity contribution < 1.29 is 8.42 Å². The average molecular weight is 369 g/mol. The van der Waals surface area contributed by atoms with E-state index in [1.54, 1.807) is 0 Å². The highest BCUT2D eigenvalue weighted by molar-refractivity contribution is 7.88. The molecule has 7 heteroatoms. The number of rotatable bonds is 8. The van der Waals surface area contributed by atoms with Gasteiger partial charge in [0.2, 0.25) is 10.0 Å². The zero-order valence-corrected chi connectivity index (χ0v) is 17.0. The van der Waals surface area contributed by atoms with E-state index in [2.05, 4.69) is 58.5 Å². The number of sulfonamides is 1. The third-order valence-electron chi connectivity index (χ3n) is 3.63. The van der Waals surface area contributed by atoms with Gasteiger partial charge in [0, 0.05) is 18.6 Å². The second-order valence-corrected chi connectivity index (χ2v) is 8.90. The summed E-state index contributed by atoms with van der Waals surface area (Å²) in [6.45, 7) is 11.7. The summed E-state index contributed by atoms with van der Waals surface area (Å²) in [6.07, 6.45) is 1.16. The Morgan fingerprint density at radius 1 is 1.28 bits per heavy atom. The first-order valence-electron chi connectivity index (χ1n) is 8.60. The molecule has 0 amide bonds. The third kappa shape index (κ3) is 8.88. The summed E-state index contributed by atoms with van der Waals surface area (Å²) in [5.41, 5.74) is 1.89. The van der Waals surface area contributed by atoms with E-state index in [1.807, 2.05) is 20.8 Å². The van der Waals surface area contributed by atoms with Crippen LogP contribution in [0.3, 0.4) is 0 Å². The molecule has 0 spiro atoms. The van der Waals surface area contributed by atoms with E-state index < -0.39 is 15.6 Å². The zero-order chi connectivity index (χ0) is 19.1. The molecule has 142 valence electrons. The molecule has 0 fully saturated rings. The van der Waals surface area contributed by atoms with E-state index in [4.69, 9.17) is 0 Å². The number of guanidine groups is 1. The van der Waals surface area contributed by atoms with Gasteiger partial charge < -0.3 is 10.6 Å². The molecule has 0 aliphatic rings. The van der Waals surface area contributed by atoms with Crippen LogP contribution in [0.4, 0.5) is 0 Å². The van der Waals surface area contributed by atoms with Crippen molar-refractivity contribution in [1.29, 1.82) is 0 Å². The maximum Gasteiger partial charge on any atom is 0.209 e. The molecule has 1 rings (SSSR count). The van der Waals surface area contributed by atoms with E-state index in [9.17, 15) is 8.42 Å². The fraction of sp³-hybridized carbons (Fsp3) is 0.611. The van der Waals surface area contributed by atoms with E-state index >= 15 is 0 Å². The highest BCUT2D eigenvalue weighted by atomic mass is 32.2. The van der Waals surface area contributed by atoms with Gasteiger partial charge in [-0.25, -0.2) is 13.1 Å². The van der Waals surface area contributed by atoms with Crippen LogP contribution in [0.25, 0.3) is 0 Å². The van der Waals surface area contributed by atoms with Crippen LogP contribution in [-0.4, -0.2) is 45.8 Å². The Kier molecular flexibility index (Phi) is 7.89. The maximum atomic E-state index is 11.4. The smallest absolute Gasteiger partial charge is 0.209 e. The van der Waals surface area contributed by atoms with Crippen LogP contribution in [0.15, 0.2) is 29.3 Å². The van der Waals surface area contributed by atoms with Gasteiger partial charge in [-0.2, -0.15) is 0 Å². The highest BCUT2D eigenvalue weighted by Crippen LogP contribution is 2.15. The van der Waals surface area contributed by atoms with Crippen molar-refractivity contribution in [2.45, 2.75) is 46.1 Å². The normalized spacial score (nSPS) is 14.2. The standard InChI is InChI=1S/C18H32N4O2S/c1-7-19-17(21-13-18(4,5)22-25(6,23)24)20-12-15(3)16-10-8-9-14(2)11-16/h8-11,15,22H,7,12-13H2,1-6H3,(H2,19,20,21). The second kappa shape index (κ2) is 9.20. The fourth-order valence-corrected chi connectivity index (χ4v) is 3.57. The zero-order valence-electron chi connectivity index (χ0n) is 16.2. The number of hydrogen-bond acceptors (Lipinski definition) is 3. The first kappa shape index (κ1) is 21.4. The van der Waals surface area contributed by atoms with Gasteiger partial charge in [-0.15, -0.1) is 0 Å². The molecule has 0 aliphatic heterocycles. The maximum absolute atomic E-state index is 11.4. The topological polar surface area (TPSA) is 82.6 Å². The second-order valence-electron chi connectivity index (χ2n) is 7.15. The lowest BCUT2D eigenvalue weighted by Crippen LogP contribution is -2.47. The van der Waals surface area contributed by atoms with E-state index in [1.165, 1.54) is 11.1 Å². The summed E-state index contributed by atoms with van der Waals surface area (Å²) in [4.78, 5) is 4.52. The molecule has 6 nitrogen and oxygen atoms in total. The van der Waals surface area contributed by atoms with E-state index in [0.717, 1.165) is 19.3 Å². The van der Waals surface area contributed by atoms with Gasteiger partial charge >= 0.3 is 0 Å². The number of nitrogens with one attached hydrogen (secondary N) is 3. The van der Waals surface area contributed by atoms with Crippen molar-refractivity contribution in [3.05, 3.63) is 35.4 Å². The molecular weight excluding hydrogens is 336 g/mol. The molecule has 1 aromatic rings. The predicted molar refractivity (Wildman–Crippen MR) is 106 cm³/mol. The molecule has 0 aliphatic carbocycles. The monoisotopic (exact) mass is 368 g/mol. The molecular formula is C18H32N4O2S. The van der Waals surface area contributed by atoms with Gasteiger partial charge in [-0.05, 0) is 39.2 Å². The Labute approximate surface area is 152 Å². The molecule has 0 heterocycles. The van der Waals surface area contributed by atoms with Crippen molar-refractivity contribution in [3.8, 4) is 0 Å². The lowest BCUT2D eigenvalue weighted by molar-refractivity contribution is 0.464. The first-order chi connectivity index (χ1) is 11.5. The van der Waals surface area contributed by atoms with Gasteiger partial charge in [-0.1, -0.05) is 36.8 Å². The molecule has 0 bridgehead atoms. The largest absolute Gasteiger partial charge is 0.357 e. The number of aliphatic imine (C=N–C) groups is 1. The summed E-state index contributed by atoms with van der Waals surface area (Å²) in [6, 6.07) is 8.48. The van der Waals surface area contributed by atoms with Crippen LogP contribution in [0, 0.1) is 6.92 Å².